The van der Waals surface area contributed by atoms with Gasteiger partial charge in [-0.1, -0.05) is 67.1 Å². The van der Waals surface area contributed by atoms with Crippen molar-refractivity contribution >= 4 is 5.97 Å². The molecular weight excluding hydrogens is 410 g/mol. The highest BCUT2D eigenvalue weighted by Gasteiger charge is 2.29. The summed E-state index contributed by atoms with van der Waals surface area (Å²) < 4.78 is 6.52. The van der Waals surface area contributed by atoms with E-state index in [0.29, 0.717) is 6.54 Å². The summed E-state index contributed by atoms with van der Waals surface area (Å²) in [6.07, 6.45) is 4.86. The largest absolute Gasteiger partial charge is 0.485 e. The number of ether oxygens (including phenoxy) is 1. The van der Waals surface area contributed by atoms with Crippen molar-refractivity contribution in [1.82, 2.24) is 4.90 Å². The molecule has 0 amide bonds. The third-order valence-corrected chi connectivity index (χ3v) is 7.09. The van der Waals surface area contributed by atoms with Crippen molar-refractivity contribution in [3.8, 4) is 16.9 Å². The summed E-state index contributed by atoms with van der Waals surface area (Å²) in [5, 5.41) is 9.56. The first-order valence-electron chi connectivity index (χ1n) is 12.0. The molecule has 4 heteroatoms. The van der Waals surface area contributed by atoms with Crippen LogP contribution in [0.25, 0.3) is 11.1 Å². The van der Waals surface area contributed by atoms with Gasteiger partial charge >= 0.3 is 5.97 Å². The van der Waals surface area contributed by atoms with Crippen LogP contribution in [0.3, 0.4) is 0 Å². The van der Waals surface area contributed by atoms with Gasteiger partial charge in [-0.25, -0.2) is 0 Å². The lowest BCUT2D eigenvalue weighted by atomic mass is 9.97. The molecule has 3 aromatic carbocycles. The van der Waals surface area contributed by atoms with Gasteiger partial charge in [0.1, 0.15) is 17.9 Å². The van der Waals surface area contributed by atoms with Gasteiger partial charge in [0.25, 0.3) is 0 Å². The van der Waals surface area contributed by atoms with Crippen LogP contribution in [0, 0.1) is 6.92 Å². The molecule has 1 unspecified atom stereocenters. The molecule has 1 fully saturated rings. The number of aliphatic carboxylic acids is 1. The Balaban J connectivity index is 1.32. The molecule has 1 N–H and O–H groups in total. The monoisotopic (exact) mass is 441 g/mol. The summed E-state index contributed by atoms with van der Waals surface area (Å²) >= 11 is 0. The lowest BCUT2D eigenvalue weighted by molar-refractivity contribution is -0.144. The molecule has 1 saturated heterocycles. The number of likely N-dealkylation sites (tertiary alicyclic amines) is 1. The minimum Gasteiger partial charge on any atom is -0.485 e. The van der Waals surface area contributed by atoms with Crippen molar-refractivity contribution in [3.05, 3.63) is 89.0 Å². The maximum Gasteiger partial charge on any atom is 0.320 e. The lowest BCUT2D eigenvalue weighted by Crippen LogP contribution is -2.44. The molecule has 2 atom stereocenters. The molecule has 1 aliphatic heterocycles. The summed E-state index contributed by atoms with van der Waals surface area (Å²) in [6, 6.07) is 23.0. The Morgan fingerprint density at radius 2 is 1.88 bits per heavy atom. The molecular formula is C29H31NO3. The normalized spacial score (nSPS) is 20.4. The molecule has 1 aliphatic carbocycles. The number of hydrogen-bond acceptors (Lipinski definition) is 3. The lowest BCUT2D eigenvalue weighted by Gasteiger charge is -2.33. The fourth-order valence-electron chi connectivity index (χ4n) is 5.42. The zero-order chi connectivity index (χ0) is 22.8. The van der Waals surface area contributed by atoms with E-state index in [-0.39, 0.29) is 12.1 Å². The van der Waals surface area contributed by atoms with Crippen LogP contribution in [0.15, 0.2) is 66.7 Å². The van der Waals surface area contributed by atoms with Crippen molar-refractivity contribution < 1.29 is 14.6 Å². The average molecular weight is 442 g/mol. The first kappa shape index (κ1) is 21.7. The maximum absolute atomic E-state index is 11.6. The van der Waals surface area contributed by atoms with Gasteiger partial charge in [0, 0.05) is 6.54 Å². The number of carboxylic acids is 1. The van der Waals surface area contributed by atoms with Crippen LogP contribution in [-0.4, -0.2) is 28.6 Å². The standard InChI is InChI=1S/C29H31NO3/c1-20-18-21(19-30-17-6-5-12-26(30)29(31)32)13-15-27(20)33-28-16-14-24-23(10-7-11-25(24)28)22-8-3-2-4-9-22/h2-4,7-11,13,15,18,26,28H,5-6,12,14,16-17,19H2,1H3,(H,31,32)/t26-,28?/m0/s1. The molecule has 0 radical (unpaired) electrons. The zero-order valence-corrected chi connectivity index (χ0v) is 19.2. The highest BCUT2D eigenvalue weighted by Crippen LogP contribution is 2.40. The van der Waals surface area contributed by atoms with E-state index >= 15 is 0 Å². The number of rotatable bonds is 6. The second-order valence-electron chi connectivity index (χ2n) is 9.30. The van der Waals surface area contributed by atoms with Gasteiger partial charge in [-0.15, -0.1) is 0 Å². The molecule has 1 heterocycles. The molecule has 3 aromatic rings. The van der Waals surface area contributed by atoms with Gasteiger partial charge in [-0.05, 0) is 78.6 Å². The summed E-state index contributed by atoms with van der Waals surface area (Å²) in [4.78, 5) is 13.7. The first-order chi connectivity index (χ1) is 16.1. The van der Waals surface area contributed by atoms with Gasteiger partial charge in [-0.2, -0.15) is 0 Å². The number of carbonyl (C=O) groups is 1. The van der Waals surface area contributed by atoms with Crippen LogP contribution in [0.1, 0.15) is 54.0 Å². The quantitative estimate of drug-likeness (QED) is 0.497. The van der Waals surface area contributed by atoms with Crippen molar-refractivity contribution in [2.45, 2.75) is 57.7 Å². The van der Waals surface area contributed by atoms with E-state index in [0.717, 1.165) is 55.5 Å². The second-order valence-corrected chi connectivity index (χ2v) is 9.30. The summed E-state index contributed by atoms with van der Waals surface area (Å²) in [5.74, 6) is 0.205. The minimum absolute atomic E-state index is 0.0618. The summed E-state index contributed by atoms with van der Waals surface area (Å²) in [6.45, 7) is 3.60. The van der Waals surface area contributed by atoms with E-state index in [4.69, 9.17) is 4.74 Å². The number of fused-ring (bicyclic) bond motifs is 1. The van der Waals surface area contributed by atoms with E-state index < -0.39 is 5.97 Å². The number of nitrogens with zero attached hydrogens (tertiary/aromatic N) is 1. The predicted molar refractivity (Wildman–Crippen MR) is 130 cm³/mol. The Kier molecular flexibility index (Phi) is 6.19. The Morgan fingerprint density at radius 1 is 1.03 bits per heavy atom. The van der Waals surface area contributed by atoms with Gasteiger partial charge in [0.2, 0.25) is 0 Å². The maximum atomic E-state index is 11.6. The van der Waals surface area contributed by atoms with Gasteiger partial charge < -0.3 is 9.84 Å². The van der Waals surface area contributed by atoms with E-state index in [2.05, 4.69) is 78.6 Å². The first-order valence-corrected chi connectivity index (χ1v) is 12.0. The van der Waals surface area contributed by atoms with Crippen molar-refractivity contribution in [3.63, 3.8) is 0 Å². The fraction of sp³-hybridized carbons (Fsp3) is 0.345. The molecule has 0 spiro atoms. The van der Waals surface area contributed by atoms with Crippen LogP contribution >= 0.6 is 0 Å². The molecule has 5 rings (SSSR count). The van der Waals surface area contributed by atoms with Crippen LogP contribution < -0.4 is 4.74 Å². The van der Waals surface area contributed by atoms with E-state index in [9.17, 15) is 9.90 Å². The van der Waals surface area contributed by atoms with Gasteiger partial charge in [0.05, 0.1) is 0 Å². The zero-order valence-electron chi connectivity index (χ0n) is 19.2. The molecule has 0 saturated carbocycles. The second kappa shape index (κ2) is 9.40. The third-order valence-electron chi connectivity index (χ3n) is 7.09. The molecule has 33 heavy (non-hydrogen) atoms. The minimum atomic E-state index is -0.707. The van der Waals surface area contributed by atoms with E-state index in [1.54, 1.807) is 0 Å². The van der Waals surface area contributed by atoms with Gasteiger partial charge in [-0.3, -0.25) is 9.69 Å². The highest BCUT2D eigenvalue weighted by atomic mass is 16.5. The molecule has 170 valence electrons. The Morgan fingerprint density at radius 3 is 2.67 bits per heavy atom. The number of aryl methyl sites for hydroxylation is 1. The van der Waals surface area contributed by atoms with E-state index in [1.165, 1.54) is 22.3 Å². The third kappa shape index (κ3) is 4.53. The molecule has 0 bridgehead atoms. The molecule has 2 aliphatic rings. The van der Waals surface area contributed by atoms with Crippen LogP contribution in [0.2, 0.25) is 0 Å². The topological polar surface area (TPSA) is 49.8 Å². The SMILES string of the molecule is Cc1cc(CN2CCCC[C@H]2C(=O)O)ccc1OC1CCc2c(-c3ccccc3)cccc21. The fourth-order valence-corrected chi connectivity index (χ4v) is 5.42. The molecule has 0 aromatic heterocycles. The predicted octanol–water partition coefficient (Wildman–Crippen LogP) is 6.17. The Hall–Kier alpha value is -3.11. The smallest absolute Gasteiger partial charge is 0.320 e. The number of benzene rings is 3. The van der Waals surface area contributed by atoms with E-state index in [1.807, 2.05) is 0 Å². The number of carboxylic acid groups (broad SMARTS) is 1. The summed E-state index contributed by atoms with van der Waals surface area (Å²) in [7, 11) is 0. The average Bonchev–Trinajstić information content (AvgIpc) is 3.24. The van der Waals surface area contributed by atoms with Crippen molar-refractivity contribution in [1.29, 1.82) is 0 Å². The Labute approximate surface area is 195 Å². The van der Waals surface area contributed by atoms with Crippen LogP contribution in [0.5, 0.6) is 5.75 Å². The van der Waals surface area contributed by atoms with Gasteiger partial charge in [0.15, 0.2) is 0 Å². The number of piperidine rings is 1. The molecule has 4 nitrogen and oxygen atoms in total. The van der Waals surface area contributed by atoms with Crippen LogP contribution in [-0.2, 0) is 17.8 Å². The Bertz CT molecular complexity index is 1140. The van der Waals surface area contributed by atoms with Crippen molar-refractivity contribution in [2.24, 2.45) is 0 Å². The highest BCUT2D eigenvalue weighted by molar-refractivity contribution is 5.73. The van der Waals surface area contributed by atoms with Crippen molar-refractivity contribution in [2.75, 3.05) is 6.54 Å². The summed E-state index contributed by atoms with van der Waals surface area (Å²) in [5.41, 5.74) is 7.49. The van der Waals surface area contributed by atoms with Crippen LogP contribution in [0.4, 0.5) is 0 Å². The number of hydrogen-bond donors (Lipinski definition) is 1.